The van der Waals surface area contributed by atoms with Crippen molar-refractivity contribution in [3.63, 3.8) is 0 Å². The minimum Gasteiger partial charge on any atom is -0.480 e. The van der Waals surface area contributed by atoms with Gasteiger partial charge in [-0.2, -0.15) is 0 Å². The van der Waals surface area contributed by atoms with Crippen LogP contribution in [0.2, 0.25) is 0 Å². The van der Waals surface area contributed by atoms with Gasteiger partial charge < -0.3 is 52.3 Å². The molecule has 2 aliphatic heterocycles. The topological polar surface area (TPSA) is 270 Å². The van der Waals surface area contributed by atoms with Gasteiger partial charge in [-0.05, 0) is 71.1 Å². The van der Waals surface area contributed by atoms with E-state index in [9.17, 15) is 48.6 Å². The normalized spacial score (nSPS) is 20.7. The van der Waals surface area contributed by atoms with E-state index >= 15 is 0 Å². The van der Waals surface area contributed by atoms with E-state index in [1.54, 1.807) is 13.8 Å². The first-order chi connectivity index (χ1) is 24.2. The van der Waals surface area contributed by atoms with Crippen LogP contribution in [-0.4, -0.2) is 135 Å². The molecule has 0 aromatic heterocycles. The Labute approximate surface area is 304 Å². The zero-order chi connectivity index (χ0) is 39.4. The molecule has 2 fully saturated rings. The van der Waals surface area contributed by atoms with Gasteiger partial charge in [-0.25, -0.2) is 4.79 Å². The molecule has 0 unspecified atom stereocenters. The maximum absolute atomic E-state index is 13.5. The van der Waals surface area contributed by atoms with Crippen LogP contribution in [0.1, 0.15) is 87.0 Å². The summed E-state index contributed by atoms with van der Waals surface area (Å²) in [5.74, 6) is -5.59. The second-order valence-corrected chi connectivity index (χ2v) is 14.6. The van der Waals surface area contributed by atoms with Gasteiger partial charge in [0.1, 0.15) is 36.3 Å². The highest BCUT2D eigenvalue weighted by molar-refractivity contribution is 5.97. The predicted molar refractivity (Wildman–Crippen MR) is 188 cm³/mol. The van der Waals surface area contributed by atoms with E-state index in [0.717, 1.165) is 0 Å². The van der Waals surface area contributed by atoms with Gasteiger partial charge >= 0.3 is 5.97 Å². The summed E-state index contributed by atoms with van der Waals surface area (Å²) in [5, 5.41) is 32.0. The highest BCUT2D eigenvalue weighted by Crippen LogP contribution is 2.22. The van der Waals surface area contributed by atoms with Gasteiger partial charge in [0.15, 0.2) is 0 Å². The fraction of sp³-hybridized carbons (Fsp3) is 0.765. The van der Waals surface area contributed by atoms with E-state index in [4.69, 9.17) is 5.73 Å². The molecule has 0 spiro atoms. The third-order valence-electron chi connectivity index (χ3n) is 8.97. The van der Waals surface area contributed by atoms with Crippen molar-refractivity contribution in [3.8, 4) is 0 Å². The quantitative estimate of drug-likeness (QED) is 0.0758. The van der Waals surface area contributed by atoms with Gasteiger partial charge in [0.2, 0.25) is 41.4 Å². The van der Waals surface area contributed by atoms with Gasteiger partial charge in [-0.1, -0.05) is 27.7 Å². The van der Waals surface area contributed by atoms with Crippen LogP contribution in [-0.2, 0) is 38.4 Å². The van der Waals surface area contributed by atoms with E-state index in [1.807, 2.05) is 13.8 Å². The lowest BCUT2D eigenvalue weighted by molar-refractivity contribution is -0.144. The highest BCUT2D eigenvalue weighted by Gasteiger charge is 2.41. The number of aliphatic carboxylic acids is 1. The number of aliphatic hydroxyl groups excluding tert-OH is 1. The van der Waals surface area contributed by atoms with E-state index in [0.29, 0.717) is 38.6 Å². The molecule has 2 aliphatic rings. The van der Waals surface area contributed by atoms with E-state index in [2.05, 4.69) is 26.6 Å². The monoisotopic (exact) mass is 738 g/mol. The van der Waals surface area contributed by atoms with Crippen molar-refractivity contribution in [2.24, 2.45) is 17.6 Å². The molecule has 2 rings (SSSR count). The molecule has 0 aromatic carbocycles. The molecule has 0 aromatic rings. The molecule has 9 N–H and O–H groups in total. The fourth-order valence-corrected chi connectivity index (χ4v) is 6.29. The number of aliphatic hydroxyl groups is 1. The smallest absolute Gasteiger partial charge is 0.326 e. The largest absolute Gasteiger partial charge is 0.480 e. The lowest BCUT2D eigenvalue weighted by Crippen LogP contribution is -2.58. The molecule has 2 heterocycles. The Bertz CT molecular complexity index is 1320. The van der Waals surface area contributed by atoms with Gasteiger partial charge in [0.05, 0.1) is 18.7 Å². The van der Waals surface area contributed by atoms with Crippen molar-refractivity contribution in [1.82, 2.24) is 36.4 Å². The lowest BCUT2D eigenvalue weighted by Gasteiger charge is -2.31. The summed E-state index contributed by atoms with van der Waals surface area (Å²) in [6.07, 6.45) is 0.777. The Kier molecular flexibility index (Phi) is 16.9. The average Bonchev–Trinajstić information content (AvgIpc) is 3.75. The molecule has 294 valence electrons. The summed E-state index contributed by atoms with van der Waals surface area (Å²) in [7, 11) is 0. The number of carboxylic acid groups (broad SMARTS) is 1. The van der Waals surface area contributed by atoms with E-state index < -0.39 is 102 Å². The van der Waals surface area contributed by atoms with Crippen molar-refractivity contribution in [3.05, 3.63) is 0 Å². The number of carboxylic acids is 1. The predicted octanol–water partition coefficient (Wildman–Crippen LogP) is -2.05. The van der Waals surface area contributed by atoms with Crippen LogP contribution in [0, 0.1) is 11.8 Å². The third-order valence-corrected chi connectivity index (χ3v) is 8.97. The number of hydrogen-bond donors (Lipinski definition) is 8. The van der Waals surface area contributed by atoms with Gasteiger partial charge in [0, 0.05) is 13.1 Å². The summed E-state index contributed by atoms with van der Waals surface area (Å²) in [6.45, 7) is 11.5. The van der Waals surface area contributed by atoms with Crippen LogP contribution in [0.15, 0.2) is 0 Å². The number of amides is 7. The van der Waals surface area contributed by atoms with Crippen LogP contribution < -0.4 is 32.3 Å². The Morgan fingerprint density at radius 1 is 0.692 bits per heavy atom. The minimum atomic E-state index is -1.49. The SMILES string of the molecule is CC(C)C[C@H](NC(=O)[C@@H](NC(=O)CNC(=O)[C@H]1CCCN1C(=O)[C@H](C)NC(=O)[C@@H]1CCCN1C(=O)[C@H](CC(C)C)NC(=O)[C@H](C)N)[C@@H](C)O)C(=O)O. The zero-order valence-electron chi connectivity index (χ0n) is 31.3. The number of nitrogens with one attached hydrogen (secondary N) is 5. The lowest BCUT2D eigenvalue weighted by atomic mass is 10.0. The van der Waals surface area contributed by atoms with E-state index in [-0.39, 0.29) is 24.8 Å². The first-order valence-corrected chi connectivity index (χ1v) is 18.0. The summed E-state index contributed by atoms with van der Waals surface area (Å²) < 4.78 is 0. The highest BCUT2D eigenvalue weighted by atomic mass is 16.4. The second-order valence-electron chi connectivity index (χ2n) is 14.6. The number of rotatable bonds is 18. The van der Waals surface area contributed by atoms with Crippen LogP contribution in [0.3, 0.4) is 0 Å². The number of nitrogens with zero attached hydrogens (tertiary/aromatic N) is 2. The minimum absolute atomic E-state index is 0.0546. The number of likely N-dealkylation sites (tertiary alicyclic amines) is 2. The standard InChI is InChI=1S/C34H58N8O10/c1-17(2)14-22(38-28(45)19(5)35)33(50)42-13-9-11-25(42)30(47)37-20(6)32(49)41-12-8-10-24(41)29(46)36-16-26(44)40-27(21(7)43)31(48)39-23(34(51)52)15-18(3)4/h17-25,27,43H,8-16,35H2,1-7H3,(H,36,46)(H,37,47)(H,38,45)(H,39,48)(H,40,44)(H,51,52)/t19-,20-,21+,22-,23-,24+,25-,27-/m0/s1. The molecule has 0 bridgehead atoms. The van der Waals surface area contributed by atoms with Crippen molar-refractivity contribution in [2.45, 2.75) is 135 Å². The van der Waals surface area contributed by atoms with Crippen molar-refractivity contribution in [2.75, 3.05) is 19.6 Å². The van der Waals surface area contributed by atoms with Crippen molar-refractivity contribution < 1.29 is 48.6 Å². The average molecular weight is 739 g/mol. The molecule has 8 atom stereocenters. The number of hydrogen-bond acceptors (Lipinski definition) is 10. The summed E-state index contributed by atoms with van der Waals surface area (Å²) in [5.41, 5.74) is 5.69. The maximum atomic E-state index is 13.5. The molecule has 0 radical (unpaired) electrons. The first kappa shape index (κ1) is 43.8. The van der Waals surface area contributed by atoms with Crippen LogP contribution in [0.25, 0.3) is 0 Å². The van der Waals surface area contributed by atoms with Gasteiger partial charge in [-0.15, -0.1) is 0 Å². The van der Waals surface area contributed by atoms with Gasteiger partial charge in [0.25, 0.3) is 0 Å². The maximum Gasteiger partial charge on any atom is 0.326 e. The van der Waals surface area contributed by atoms with Crippen LogP contribution in [0.4, 0.5) is 0 Å². The van der Waals surface area contributed by atoms with Crippen molar-refractivity contribution in [1.29, 1.82) is 0 Å². The molecule has 2 saturated heterocycles. The Balaban J connectivity index is 2.00. The Morgan fingerprint density at radius 3 is 1.69 bits per heavy atom. The van der Waals surface area contributed by atoms with E-state index in [1.165, 1.54) is 30.6 Å². The first-order valence-electron chi connectivity index (χ1n) is 18.0. The number of carbonyl (C=O) groups excluding carboxylic acids is 7. The Hall–Kier alpha value is -4.32. The molecule has 18 nitrogen and oxygen atoms in total. The zero-order valence-corrected chi connectivity index (χ0v) is 31.3. The second kappa shape index (κ2) is 20.1. The number of carbonyl (C=O) groups is 8. The molecule has 0 aliphatic carbocycles. The van der Waals surface area contributed by atoms with Crippen LogP contribution >= 0.6 is 0 Å². The number of nitrogens with two attached hydrogens (primary N) is 1. The molecule has 18 heteroatoms. The third kappa shape index (κ3) is 12.7. The molecular weight excluding hydrogens is 680 g/mol. The Morgan fingerprint density at radius 2 is 1.19 bits per heavy atom. The van der Waals surface area contributed by atoms with Gasteiger partial charge in [-0.3, -0.25) is 33.6 Å². The summed E-state index contributed by atoms with van der Waals surface area (Å²) in [4.78, 5) is 106. The van der Waals surface area contributed by atoms with Crippen molar-refractivity contribution >= 4 is 47.3 Å². The molecule has 52 heavy (non-hydrogen) atoms. The molecule has 0 saturated carbocycles. The molecule has 7 amide bonds. The fourth-order valence-electron chi connectivity index (χ4n) is 6.29. The molecular formula is C34H58N8O10. The van der Waals surface area contributed by atoms with Crippen LogP contribution in [0.5, 0.6) is 0 Å². The summed E-state index contributed by atoms with van der Waals surface area (Å²) >= 11 is 0. The summed E-state index contributed by atoms with van der Waals surface area (Å²) in [6, 6.07) is -7.28.